The van der Waals surface area contributed by atoms with Crippen LogP contribution >= 0.6 is 0 Å². The van der Waals surface area contributed by atoms with Gasteiger partial charge in [0.2, 0.25) is 0 Å². The molecule has 6 heteroatoms. The van der Waals surface area contributed by atoms with E-state index in [9.17, 15) is 9.59 Å². The highest BCUT2D eigenvalue weighted by atomic mass is 16.5. The van der Waals surface area contributed by atoms with Crippen LogP contribution in [0.4, 0.5) is 0 Å². The van der Waals surface area contributed by atoms with E-state index in [-0.39, 0.29) is 5.97 Å². The lowest BCUT2D eigenvalue weighted by Crippen LogP contribution is -2.03. The average Bonchev–Trinajstić information content (AvgIpc) is 2.97. The van der Waals surface area contributed by atoms with Crippen LogP contribution in [0.25, 0.3) is 6.08 Å². The number of carbonyl (C=O) groups is 2. The molecule has 0 radical (unpaired) electrons. The first-order chi connectivity index (χ1) is 19.1. The third kappa shape index (κ3) is 11.0. The monoisotopic (exact) mass is 524 g/mol. The smallest absolute Gasteiger partial charge is 0.336 e. The van der Waals surface area contributed by atoms with Crippen LogP contribution in [0, 0.1) is 11.8 Å². The summed E-state index contributed by atoms with van der Waals surface area (Å²) >= 11 is 0. The first-order valence-electron chi connectivity index (χ1n) is 12.7. The topological polar surface area (TPSA) is 71.1 Å². The Hall–Kier alpha value is -4.76. The van der Waals surface area contributed by atoms with Crippen molar-refractivity contribution in [2.24, 2.45) is 0 Å². The molecule has 0 aliphatic rings. The Morgan fingerprint density at radius 1 is 0.718 bits per heavy atom. The van der Waals surface area contributed by atoms with E-state index in [1.165, 1.54) is 12.2 Å². The highest BCUT2D eigenvalue weighted by Gasteiger charge is 2.02. The molecular formula is C33H32O6. The van der Waals surface area contributed by atoms with Crippen LogP contribution in [0.15, 0.2) is 91.5 Å². The highest BCUT2D eigenvalue weighted by Crippen LogP contribution is 2.16. The summed E-state index contributed by atoms with van der Waals surface area (Å²) in [6.07, 6.45) is 7.96. The van der Waals surface area contributed by atoms with Gasteiger partial charge in [-0.15, -0.1) is 0 Å². The largest absolute Gasteiger partial charge is 0.497 e. The van der Waals surface area contributed by atoms with E-state index in [4.69, 9.17) is 18.9 Å². The number of carbonyl (C=O) groups excluding carboxylic acids is 2. The predicted molar refractivity (Wildman–Crippen MR) is 152 cm³/mol. The second-order valence-corrected chi connectivity index (χ2v) is 8.46. The number of ether oxygens (including phenoxy) is 4. The Kier molecular flexibility index (Phi) is 11.9. The lowest BCUT2D eigenvalue weighted by Gasteiger charge is -2.06. The molecule has 0 aliphatic carbocycles. The van der Waals surface area contributed by atoms with E-state index in [1.54, 1.807) is 25.3 Å². The Bertz CT molecular complexity index is 1290. The van der Waals surface area contributed by atoms with Gasteiger partial charge in [-0.25, -0.2) is 9.59 Å². The SMILES string of the molecule is C=CC(=O)OCCCCCCOc1ccc(C=CC(=O)Oc2ccc(C#Cc3ccc(OC)cc3)cc2)cc1. The average molecular weight is 525 g/mol. The number of benzene rings is 3. The molecule has 3 rings (SSSR count). The summed E-state index contributed by atoms with van der Waals surface area (Å²) in [5.74, 6) is 7.33. The molecule has 0 N–H and O–H groups in total. The molecule has 6 nitrogen and oxygen atoms in total. The number of rotatable bonds is 13. The van der Waals surface area contributed by atoms with Crippen molar-refractivity contribution in [3.63, 3.8) is 0 Å². The summed E-state index contributed by atoms with van der Waals surface area (Å²) in [5.41, 5.74) is 2.56. The van der Waals surface area contributed by atoms with Gasteiger partial charge in [0.25, 0.3) is 0 Å². The van der Waals surface area contributed by atoms with Gasteiger partial charge in [-0.1, -0.05) is 30.6 Å². The molecule has 0 spiro atoms. The number of methoxy groups -OCH3 is 1. The van der Waals surface area contributed by atoms with Crippen LogP contribution in [0.5, 0.6) is 17.2 Å². The minimum atomic E-state index is -0.466. The van der Waals surface area contributed by atoms with Crippen LogP contribution in [0.1, 0.15) is 42.4 Å². The molecule has 0 unspecified atom stereocenters. The third-order valence-corrected chi connectivity index (χ3v) is 5.52. The fraction of sp³-hybridized carbons (Fsp3) is 0.212. The lowest BCUT2D eigenvalue weighted by atomic mass is 10.2. The molecule has 0 aliphatic heterocycles. The van der Waals surface area contributed by atoms with E-state index in [2.05, 4.69) is 18.4 Å². The van der Waals surface area contributed by atoms with Crippen molar-refractivity contribution in [1.29, 1.82) is 0 Å². The maximum Gasteiger partial charge on any atom is 0.336 e. The van der Waals surface area contributed by atoms with Gasteiger partial charge in [-0.2, -0.15) is 0 Å². The highest BCUT2D eigenvalue weighted by molar-refractivity contribution is 5.88. The molecule has 3 aromatic rings. The van der Waals surface area contributed by atoms with E-state index in [0.717, 1.165) is 53.9 Å². The van der Waals surface area contributed by atoms with Crippen molar-refractivity contribution in [2.45, 2.75) is 25.7 Å². The third-order valence-electron chi connectivity index (χ3n) is 5.52. The summed E-state index contributed by atoms with van der Waals surface area (Å²) in [5, 5.41) is 0. The van der Waals surface area contributed by atoms with E-state index >= 15 is 0 Å². The molecule has 0 fully saturated rings. The molecule has 200 valence electrons. The van der Waals surface area contributed by atoms with E-state index in [1.807, 2.05) is 60.7 Å². The number of unbranched alkanes of at least 4 members (excludes halogenated alkanes) is 3. The first kappa shape index (κ1) is 28.8. The lowest BCUT2D eigenvalue weighted by molar-refractivity contribution is -0.137. The van der Waals surface area contributed by atoms with Gasteiger partial charge in [0.1, 0.15) is 17.2 Å². The molecule has 0 saturated carbocycles. The summed E-state index contributed by atoms with van der Waals surface area (Å²) in [4.78, 5) is 23.2. The molecule has 0 bridgehead atoms. The van der Waals surface area contributed by atoms with Crippen molar-refractivity contribution in [1.82, 2.24) is 0 Å². The van der Waals surface area contributed by atoms with Crippen molar-refractivity contribution in [2.75, 3.05) is 20.3 Å². The molecule has 0 heterocycles. The predicted octanol–water partition coefficient (Wildman–Crippen LogP) is 6.38. The van der Waals surface area contributed by atoms with Crippen LogP contribution in [-0.2, 0) is 14.3 Å². The molecule has 39 heavy (non-hydrogen) atoms. The van der Waals surface area contributed by atoms with Crippen molar-refractivity contribution in [3.05, 3.63) is 108 Å². The standard InChI is InChI=1S/C33H32O6/c1-3-32(34)38-25-7-5-4-6-24-37-30-19-12-28(13-20-30)16-23-33(35)39-31-21-14-27(15-22-31)9-8-26-10-17-29(36-2)18-11-26/h3,10-23H,1,4-7,24-25H2,2H3. The van der Waals surface area contributed by atoms with Crippen LogP contribution in [-0.4, -0.2) is 32.3 Å². The number of hydrogen-bond donors (Lipinski definition) is 0. The van der Waals surface area contributed by atoms with Gasteiger partial charge in [0.15, 0.2) is 0 Å². The summed E-state index contributed by atoms with van der Waals surface area (Å²) < 4.78 is 21.2. The Morgan fingerprint density at radius 3 is 1.87 bits per heavy atom. The van der Waals surface area contributed by atoms with E-state index in [0.29, 0.717) is 19.0 Å². The maximum atomic E-state index is 12.2. The van der Waals surface area contributed by atoms with Gasteiger partial charge in [-0.05, 0) is 98.0 Å². The van der Waals surface area contributed by atoms with Gasteiger partial charge in [0.05, 0.1) is 20.3 Å². The quantitative estimate of drug-likeness (QED) is 0.0849. The fourth-order valence-electron chi connectivity index (χ4n) is 3.39. The summed E-state index contributed by atoms with van der Waals surface area (Å²) in [6, 6.07) is 22.1. The molecule has 0 atom stereocenters. The van der Waals surface area contributed by atoms with E-state index < -0.39 is 5.97 Å². The Morgan fingerprint density at radius 2 is 1.28 bits per heavy atom. The Labute approximate surface area is 229 Å². The zero-order chi connectivity index (χ0) is 27.7. The summed E-state index contributed by atoms with van der Waals surface area (Å²) in [6.45, 7) is 4.39. The van der Waals surface area contributed by atoms with Crippen molar-refractivity contribution in [3.8, 4) is 29.1 Å². The molecule has 0 amide bonds. The minimum Gasteiger partial charge on any atom is -0.497 e. The van der Waals surface area contributed by atoms with Gasteiger partial charge >= 0.3 is 11.9 Å². The van der Waals surface area contributed by atoms with Gasteiger partial charge in [0, 0.05) is 23.3 Å². The van der Waals surface area contributed by atoms with Crippen LogP contribution in [0.2, 0.25) is 0 Å². The number of esters is 2. The molecule has 0 saturated heterocycles. The zero-order valence-electron chi connectivity index (χ0n) is 22.1. The van der Waals surface area contributed by atoms with Gasteiger partial charge in [-0.3, -0.25) is 0 Å². The Balaban J connectivity index is 1.36. The van der Waals surface area contributed by atoms with Crippen molar-refractivity contribution < 1.29 is 28.5 Å². The molecule has 0 aromatic heterocycles. The summed E-state index contributed by atoms with van der Waals surface area (Å²) in [7, 11) is 1.63. The molecule has 3 aromatic carbocycles. The maximum absolute atomic E-state index is 12.2. The van der Waals surface area contributed by atoms with Crippen LogP contribution in [0.3, 0.4) is 0 Å². The fourth-order valence-corrected chi connectivity index (χ4v) is 3.39. The van der Waals surface area contributed by atoms with Gasteiger partial charge < -0.3 is 18.9 Å². The zero-order valence-corrected chi connectivity index (χ0v) is 22.1. The normalized spacial score (nSPS) is 10.3. The second-order valence-electron chi connectivity index (χ2n) is 8.46. The second kappa shape index (κ2) is 16.2. The minimum absolute atomic E-state index is 0.383. The van der Waals surface area contributed by atoms with Crippen molar-refractivity contribution >= 4 is 18.0 Å². The molecular weight excluding hydrogens is 492 g/mol. The number of hydrogen-bond acceptors (Lipinski definition) is 6. The van der Waals surface area contributed by atoms with Crippen LogP contribution < -0.4 is 14.2 Å². The first-order valence-corrected chi connectivity index (χ1v) is 12.7.